The molecule has 5 nitrogen and oxygen atoms in total. The zero-order chi connectivity index (χ0) is 18.7. The minimum Gasteiger partial charge on any atom is -0.449 e. The highest BCUT2D eigenvalue weighted by Crippen LogP contribution is 2.35. The van der Waals surface area contributed by atoms with Gasteiger partial charge in [0, 0.05) is 28.5 Å². The van der Waals surface area contributed by atoms with Crippen molar-refractivity contribution in [1.82, 2.24) is 0 Å². The maximum absolute atomic E-state index is 12.5. The van der Waals surface area contributed by atoms with Gasteiger partial charge in [-0.2, -0.15) is 0 Å². The Hall–Kier alpha value is -2.57. The summed E-state index contributed by atoms with van der Waals surface area (Å²) in [4.78, 5) is 26.2. The molecule has 0 radical (unpaired) electrons. The number of halogens is 1. The molecule has 0 saturated carbocycles. The van der Waals surface area contributed by atoms with Crippen LogP contribution in [0.2, 0.25) is 5.02 Å². The predicted molar refractivity (Wildman–Crippen MR) is 107 cm³/mol. The Morgan fingerprint density at radius 2 is 1.85 bits per heavy atom. The number of carbonyl (C=O) groups excluding carboxylic acids is 2. The van der Waals surface area contributed by atoms with Gasteiger partial charge in [-0.3, -0.25) is 9.69 Å². The Morgan fingerprint density at radius 1 is 1.15 bits per heavy atom. The zero-order valence-electron chi connectivity index (χ0n) is 14.3. The van der Waals surface area contributed by atoms with Gasteiger partial charge >= 0.3 is 6.09 Å². The van der Waals surface area contributed by atoms with Crippen LogP contribution in [-0.4, -0.2) is 25.7 Å². The van der Waals surface area contributed by atoms with Crippen LogP contribution in [0.4, 0.5) is 16.2 Å². The third-order valence-electron chi connectivity index (χ3n) is 3.80. The molecule has 1 aromatic heterocycles. The average Bonchev–Trinajstić information content (AvgIpc) is 2.99. The number of benzene rings is 2. The van der Waals surface area contributed by atoms with Gasteiger partial charge in [-0.25, -0.2) is 4.79 Å². The summed E-state index contributed by atoms with van der Waals surface area (Å²) in [6.07, 6.45) is -0.429. The standard InChI is InChI=1S/C19H17ClN2O3S/c1-3-25-19(24)22(2)13-10-8-12(9-11-13)21-18(23)17-16(20)14-6-4-5-7-15(14)26-17/h4-11H,3H2,1-2H3,(H,21,23). The molecule has 0 bridgehead atoms. The second-order valence-electron chi connectivity index (χ2n) is 5.50. The first kappa shape index (κ1) is 18.2. The molecule has 0 aliphatic heterocycles. The van der Waals surface area contributed by atoms with E-state index < -0.39 is 6.09 Å². The lowest BCUT2D eigenvalue weighted by Crippen LogP contribution is -2.26. The van der Waals surface area contributed by atoms with Gasteiger partial charge in [0.1, 0.15) is 4.88 Å². The van der Waals surface area contributed by atoms with E-state index in [1.165, 1.54) is 16.2 Å². The van der Waals surface area contributed by atoms with E-state index in [0.717, 1.165) is 10.1 Å². The number of hydrogen-bond donors (Lipinski definition) is 1. The maximum Gasteiger partial charge on any atom is 0.413 e. The quantitative estimate of drug-likeness (QED) is 0.651. The molecular weight excluding hydrogens is 372 g/mol. The fourth-order valence-electron chi connectivity index (χ4n) is 2.44. The number of amides is 2. The molecule has 2 amide bonds. The molecule has 0 fully saturated rings. The summed E-state index contributed by atoms with van der Waals surface area (Å²) >= 11 is 7.70. The number of ether oxygens (including phenoxy) is 1. The van der Waals surface area contributed by atoms with Crippen LogP contribution in [0.25, 0.3) is 10.1 Å². The number of nitrogens with one attached hydrogen (secondary N) is 1. The number of carbonyl (C=O) groups is 2. The minimum absolute atomic E-state index is 0.261. The fourth-order valence-corrected chi connectivity index (χ4v) is 3.85. The van der Waals surface area contributed by atoms with Crippen molar-refractivity contribution < 1.29 is 14.3 Å². The minimum atomic E-state index is -0.429. The van der Waals surface area contributed by atoms with E-state index in [0.29, 0.717) is 27.9 Å². The van der Waals surface area contributed by atoms with E-state index >= 15 is 0 Å². The zero-order valence-corrected chi connectivity index (χ0v) is 15.9. The number of hydrogen-bond acceptors (Lipinski definition) is 4. The molecule has 3 aromatic rings. The summed E-state index contributed by atoms with van der Waals surface area (Å²) < 4.78 is 5.92. The summed E-state index contributed by atoms with van der Waals surface area (Å²) in [6, 6.07) is 14.6. The Morgan fingerprint density at radius 3 is 2.50 bits per heavy atom. The summed E-state index contributed by atoms with van der Waals surface area (Å²) in [7, 11) is 1.63. The molecule has 2 aromatic carbocycles. The third-order valence-corrected chi connectivity index (χ3v) is 5.47. The molecule has 0 aliphatic carbocycles. The second kappa shape index (κ2) is 7.76. The highest BCUT2D eigenvalue weighted by Gasteiger charge is 2.17. The van der Waals surface area contributed by atoms with Crippen LogP contribution in [0, 0.1) is 0 Å². The van der Waals surface area contributed by atoms with E-state index in [4.69, 9.17) is 16.3 Å². The lowest BCUT2D eigenvalue weighted by Gasteiger charge is -2.16. The van der Waals surface area contributed by atoms with Gasteiger partial charge in [-0.05, 0) is 37.3 Å². The number of nitrogens with zero attached hydrogens (tertiary/aromatic N) is 1. The van der Waals surface area contributed by atoms with E-state index in [1.54, 1.807) is 38.2 Å². The first-order valence-corrected chi connectivity index (χ1v) is 9.19. The molecule has 0 aliphatic rings. The summed E-state index contributed by atoms with van der Waals surface area (Å²) in [5.41, 5.74) is 1.28. The van der Waals surface area contributed by atoms with Crippen molar-refractivity contribution in [1.29, 1.82) is 0 Å². The molecular formula is C19H17ClN2O3S. The van der Waals surface area contributed by atoms with Gasteiger partial charge in [0.25, 0.3) is 5.91 Å². The summed E-state index contributed by atoms with van der Waals surface area (Å²) in [5.74, 6) is -0.261. The van der Waals surface area contributed by atoms with Crippen molar-refractivity contribution in [3.8, 4) is 0 Å². The van der Waals surface area contributed by atoms with Crippen molar-refractivity contribution in [3.05, 3.63) is 58.4 Å². The number of rotatable bonds is 4. The Balaban J connectivity index is 1.75. The van der Waals surface area contributed by atoms with Crippen molar-refractivity contribution in [3.63, 3.8) is 0 Å². The smallest absolute Gasteiger partial charge is 0.413 e. The molecule has 1 N–H and O–H groups in total. The first-order chi connectivity index (χ1) is 12.5. The predicted octanol–water partition coefficient (Wildman–Crippen LogP) is 5.40. The topological polar surface area (TPSA) is 58.6 Å². The molecule has 1 heterocycles. The van der Waals surface area contributed by atoms with Gasteiger partial charge < -0.3 is 10.1 Å². The molecule has 0 saturated heterocycles. The molecule has 0 spiro atoms. The molecule has 0 unspecified atom stereocenters. The number of thiophene rings is 1. The van der Waals surface area contributed by atoms with Crippen molar-refractivity contribution in [2.24, 2.45) is 0 Å². The average molecular weight is 389 g/mol. The normalized spacial score (nSPS) is 10.6. The van der Waals surface area contributed by atoms with Gasteiger partial charge in [-0.15, -0.1) is 11.3 Å². The van der Waals surface area contributed by atoms with Crippen molar-refractivity contribution in [2.75, 3.05) is 23.9 Å². The van der Waals surface area contributed by atoms with Crippen LogP contribution in [0.15, 0.2) is 48.5 Å². The Kier molecular flexibility index (Phi) is 5.44. The van der Waals surface area contributed by atoms with Crippen LogP contribution in [0.3, 0.4) is 0 Å². The number of anilines is 2. The SMILES string of the molecule is CCOC(=O)N(C)c1ccc(NC(=O)c2sc3ccccc3c2Cl)cc1. The summed E-state index contributed by atoms with van der Waals surface area (Å²) in [5, 5.41) is 4.16. The molecule has 26 heavy (non-hydrogen) atoms. The lowest BCUT2D eigenvalue weighted by molar-refractivity contribution is 0.103. The van der Waals surface area contributed by atoms with Gasteiger partial charge in [-0.1, -0.05) is 29.8 Å². The van der Waals surface area contributed by atoms with E-state index in [2.05, 4.69) is 5.32 Å². The molecule has 3 rings (SSSR count). The van der Waals surface area contributed by atoms with E-state index in [9.17, 15) is 9.59 Å². The Bertz CT molecular complexity index is 953. The first-order valence-electron chi connectivity index (χ1n) is 8.00. The van der Waals surface area contributed by atoms with Gasteiger partial charge in [0.2, 0.25) is 0 Å². The number of fused-ring (bicyclic) bond motifs is 1. The van der Waals surface area contributed by atoms with E-state index in [1.807, 2.05) is 24.3 Å². The largest absolute Gasteiger partial charge is 0.449 e. The molecule has 7 heteroatoms. The van der Waals surface area contributed by atoms with Crippen molar-refractivity contribution in [2.45, 2.75) is 6.92 Å². The molecule has 134 valence electrons. The third kappa shape index (κ3) is 3.66. The van der Waals surface area contributed by atoms with Crippen LogP contribution in [-0.2, 0) is 4.74 Å². The monoisotopic (exact) mass is 388 g/mol. The van der Waals surface area contributed by atoms with Crippen LogP contribution >= 0.6 is 22.9 Å². The Labute approximate surface area is 160 Å². The fraction of sp³-hybridized carbons (Fsp3) is 0.158. The molecule has 0 atom stereocenters. The van der Waals surface area contributed by atoms with Crippen LogP contribution < -0.4 is 10.2 Å². The highest BCUT2D eigenvalue weighted by atomic mass is 35.5. The highest BCUT2D eigenvalue weighted by molar-refractivity contribution is 7.21. The second-order valence-corrected chi connectivity index (χ2v) is 6.93. The van der Waals surface area contributed by atoms with Crippen LogP contribution in [0.1, 0.15) is 16.6 Å². The van der Waals surface area contributed by atoms with Gasteiger partial charge in [0.15, 0.2) is 0 Å². The van der Waals surface area contributed by atoms with Crippen molar-refractivity contribution >= 4 is 56.4 Å². The van der Waals surface area contributed by atoms with E-state index in [-0.39, 0.29) is 5.91 Å². The lowest BCUT2D eigenvalue weighted by atomic mass is 10.2. The maximum atomic E-state index is 12.5. The van der Waals surface area contributed by atoms with Crippen LogP contribution in [0.5, 0.6) is 0 Å². The summed E-state index contributed by atoms with van der Waals surface area (Å²) in [6.45, 7) is 2.07. The van der Waals surface area contributed by atoms with Gasteiger partial charge in [0.05, 0.1) is 11.6 Å².